The Labute approximate surface area is 198 Å². The van der Waals surface area contributed by atoms with Crippen molar-refractivity contribution in [3.63, 3.8) is 0 Å². The molecule has 2 N–H and O–H groups in total. The monoisotopic (exact) mass is 464 g/mol. The Morgan fingerprint density at radius 3 is 2.44 bits per heavy atom. The van der Waals surface area contributed by atoms with Crippen molar-refractivity contribution < 1.29 is 23.9 Å². The van der Waals surface area contributed by atoms with Crippen LogP contribution in [0, 0.1) is 0 Å². The molecule has 0 radical (unpaired) electrons. The second-order valence-electron chi connectivity index (χ2n) is 8.95. The zero-order chi connectivity index (χ0) is 23.7. The van der Waals surface area contributed by atoms with Crippen molar-refractivity contribution in [1.29, 1.82) is 0 Å². The van der Waals surface area contributed by atoms with Crippen molar-refractivity contribution in [1.82, 2.24) is 10.2 Å². The van der Waals surface area contributed by atoms with E-state index in [1.165, 1.54) is 12.8 Å². The lowest BCUT2D eigenvalue weighted by atomic mass is 9.91. The third kappa shape index (κ3) is 4.13. The maximum atomic E-state index is 13.2. The lowest BCUT2D eigenvalue weighted by molar-refractivity contribution is -0.133. The van der Waals surface area contributed by atoms with Gasteiger partial charge in [0, 0.05) is 30.9 Å². The number of nitrogens with zero attached hydrogens (tertiary/aromatic N) is 2. The normalized spacial score (nSPS) is 21.9. The first-order valence-corrected chi connectivity index (χ1v) is 11.6. The molecular formula is C25H28N4O5. The number of amides is 4. The van der Waals surface area contributed by atoms with E-state index in [9.17, 15) is 14.4 Å². The van der Waals surface area contributed by atoms with Gasteiger partial charge in [0.1, 0.15) is 12.1 Å². The molecule has 9 heteroatoms. The van der Waals surface area contributed by atoms with E-state index in [-0.39, 0.29) is 6.54 Å². The Kier molecular flexibility index (Phi) is 5.77. The molecule has 178 valence electrons. The van der Waals surface area contributed by atoms with Crippen LogP contribution in [0.2, 0.25) is 0 Å². The molecule has 2 aromatic carbocycles. The Morgan fingerprint density at radius 2 is 1.71 bits per heavy atom. The van der Waals surface area contributed by atoms with Gasteiger partial charge < -0.3 is 25.0 Å². The number of ether oxygens (including phenoxy) is 2. The Hall–Kier alpha value is -3.75. The van der Waals surface area contributed by atoms with E-state index in [0.29, 0.717) is 36.0 Å². The fraction of sp³-hybridized carbons (Fsp3) is 0.400. The van der Waals surface area contributed by atoms with Crippen molar-refractivity contribution >= 4 is 29.2 Å². The van der Waals surface area contributed by atoms with Crippen LogP contribution in [0.5, 0.6) is 11.5 Å². The van der Waals surface area contributed by atoms with Crippen molar-refractivity contribution in [2.45, 2.75) is 31.7 Å². The minimum atomic E-state index is -1.31. The number of carbonyl (C=O) groups is 3. The summed E-state index contributed by atoms with van der Waals surface area (Å²) in [4.78, 5) is 41.8. The Bertz CT molecular complexity index is 1110. The van der Waals surface area contributed by atoms with Crippen LogP contribution in [0.4, 0.5) is 16.2 Å². The number of fused-ring (bicyclic) bond motifs is 1. The van der Waals surface area contributed by atoms with E-state index < -0.39 is 23.4 Å². The molecule has 0 spiro atoms. The summed E-state index contributed by atoms with van der Waals surface area (Å²) in [6, 6.07) is 12.2. The summed E-state index contributed by atoms with van der Waals surface area (Å²) in [5, 5.41) is 5.51. The molecule has 1 atom stereocenters. The first kappa shape index (κ1) is 22.1. The minimum Gasteiger partial charge on any atom is -0.490 e. The smallest absolute Gasteiger partial charge is 0.325 e. The molecule has 0 aliphatic carbocycles. The second kappa shape index (κ2) is 8.89. The minimum absolute atomic E-state index is 0.376. The highest BCUT2D eigenvalue weighted by Crippen LogP contribution is 2.36. The number of hydrogen-bond acceptors (Lipinski definition) is 6. The van der Waals surface area contributed by atoms with Gasteiger partial charge in [-0.25, -0.2) is 4.79 Å². The molecule has 0 saturated carbocycles. The van der Waals surface area contributed by atoms with Gasteiger partial charge in [0.25, 0.3) is 5.91 Å². The van der Waals surface area contributed by atoms with Crippen LogP contribution >= 0.6 is 0 Å². The predicted octanol–water partition coefficient (Wildman–Crippen LogP) is 2.85. The standard InChI is InChI=1S/C25H28N4O5/c1-25(17-5-10-20-21(15-17)34-14-4-13-33-20)23(31)29(24(32)27-25)16-22(30)26-18-6-8-19(9-7-18)28-11-2-3-12-28/h5-10,15H,2-4,11-14,16H2,1H3,(H,26,30)(H,27,32). The molecule has 2 saturated heterocycles. The van der Waals surface area contributed by atoms with Crippen LogP contribution in [0.25, 0.3) is 0 Å². The highest BCUT2D eigenvalue weighted by atomic mass is 16.5. The summed E-state index contributed by atoms with van der Waals surface area (Å²) in [6.45, 7) is 4.40. The Balaban J connectivity index is 1.26. The molecule has 1 unspecified atom stereocenters. The summed E-state index contributed by atoms with van der Waals surface area (Å²) in [5.41, 5.74) is 0.996. The Morgan fingerprint density at radius 1 is 1.00 bits per heavy atom. The van der Waals surface area contributed by atoms with Gasteiger partial charge in [-0.15, -0.1) is 0 Å². The average molecular weight is 465 g/mol. The first-order chi connectivity index (χ1) is 16.4. The van der Waals surface area contributed by atoms with Crippen LogP contribution in [-0.4, -0.2) is 55.6 Å². The van der Waals surface area contributed by atoms with Gasteiger partial charge in [0.05, 0.1) is 13.2 Å². The zero-order valence-corrected chi connectivity index (χ0v) is 19.1. The molecule has 2 fully saturated rings. The predicted molar refractivity (Wildman–Crippen MR) is 126 cm³/mol. The van der Waals surface area contributed by atoms with Gasteiger partial charge >= 0.3 is 6.03 Å². The molecule has 4 amide bonds. The van der Waals surface area contributed by atoms with Crippen LogP contribution in [0.15, 0.2) is 42.5 Å². The molecule has 3 heterocycles. The van der Waals surface area contributed by atoms with Crippen molar-refractivity contribution in [2.24, 2.45) is 0 Å². The van der Waals surface area contributed by atoms with Gasteiger partial charge in [-0.05, 0) is 61.7 Å². The topological polar surface area (TPSA) is 100 Å². The summed E-state index contributed by atoms with van der Waals surface area (Å²) in [7, 11) is 0. The molecule has 3 aliphatic rings. The number of imide groups is 1. The maximum Gasteiger partial charge on any atom is 0.325 e. The average Bonchev–Trinajstić information content (AvgIpc) is 3.35. The highest BCUT2D eigenvalue weighted by Gasteiger charge is 2.49. The number of carbonyl (C=O) groups excluding carboxylic acids is 3. The summed E-state index contributed by atoms with van der Waals surface area (Å²) in [6.07, 6.45) is 3.14. The third-order valence-corrected chi connectivity index (χ3v) is 6.52. The second-order valence-corrected chi connectivity index (χ2v) is 8.95. The summed E-state index contributed by atoms with van der Waals surface area (Å²) < 4.78 is 11.4. The van der Waals surface area contributed by atoms with Crippen LogP contribution in [-0.2, 0) is 15.1 Å². The number of hydrogen-bond donors (Lipinski definition) is 2. The van der Waals surface area contributed by atoms with Crippen molar-refractivity contribution in [3.05, 3.63) is 48.0 Å². The van der Waals surface area contributed by atoms with E-state index in [1.54, 1.807) is 25.1 Å². The van der Waals surface area contributed by atoms with Gasteiger partial charge in [0.2, 0.25) is 5.91 Å². The van der Waals surface area contributed by atoms with Gasteiger partial charge in [-0.2, -0.15) is 0 Å². The molecule has 2 aromatic rings. The molecule has 3 aliphatic heterocycles. The van der Waals surface area contributed by atoms with E-state index >= 15 is 0 Å². The lowest BCUT2D eigenvalue weighted by Crippen LogP contribution is -2.42. The fourth-order valence-corrected chi connectivity index (χ4v) is 4.59. The molecular weight excluding hydrogens is 436 g/mol. The quantitative estimate of drug-likeness (QED) is 0.660. The van der Waals surface area contributed by atoms with Crippen LogP contribution < -0.4 is 25.0 Å². The van der Waals surface area contributed by atoms with Gasteiger partial charge in [-0.1, -0.05) is 6.07 Å². The molecule has 0 aromatic heterocycles. The SMILES string of the molecule is CC1(c2ccc3c(c2)OCCCO3)NC(=O)N(CC(=O)Nc2ccc(N3CCCC3)cc2)C1=O. The number of benzene rings is 2. The van der Waals surface area contributed by atoms with E-state index in [0.717, 1.165) is 30.1 Å². The molecule has 5 rings (SSSR count). The highest BCUT2D eigenvalue weighted by molar-refractivity contribution is 6.10. The van der Waals surface area contributed by atoms with E-state index in [2.05, 4.69) is 15.5 Å². The molecule has 34 heavy (non-hydrogen) atoms. The van der Waals surface area contributed by atoms with E-state index in [1.807, 2.05) is 24.3 Å². The molecule has 9 nitrogen and oxygen atoms in total. The largest absolute Gasteiger partial charge is 0.490 e. The van der Waals surface area contributed by atoms with Crippen LogP contribution in [0.1, 0.15) is 31.7 Å². The van der Waals surface area contributed by atoms with Gasteiger partial charge in [-0.3, -0.25) is 14.5 Å². The third-order valence-electron chi connectivity index (χ3n) is 6.52. The number of nitrogens with one attached hydrogen (secondary N) is 2. The summed E-state index contributed by atoms with van der Waals surface area (Å²) in [5.74, 6) is 0.201. The first-order valence-electron chi connectivity index (χ1n) is 11.6. The van der Waals surface area contributed by atoms with Crippen molar-refractivity contribution in [3.8, 4) is 11.5 Å². The molecule has 0 bridgehead atoms. The number of rotatable bonds is 5. The number of urea groups is 1. The lowest BCUT2D eigenvalue weighted by Gasteiger charge is -2.23. The fourth-order valence-electron chi connectivity index (χ4n) is 4.59. The van der Waals surface area contributed by atoms with Crippen LogP contribution in [0.3, 0.4) is 0 Å². The van der Waals surface area contributed by atoms with Crippen molar-refractivity contribution in [2.75, 3.05) is 43.1 Å². The van der Waals surface area contributed by atoms with Gasteiger partial charge in [0.15, 0.2) is 11.5 Å². The summed E-state index contributed by atoms with van der Waals surface area (Å²) >= 11 is 0. The number of anilines is 2. The maximum absolute atomic E-state index is 13.2. The van der Waals surface area contributed by atoms with E-state index in [4.69, 9.17) is 9.47 Å². The zero-order valence-electron chi connectivity index (χ0n) is 19.1.